The molecule has 1 N–H and O–H groups in total. The molecule has 4 rings (SSSR count). The summed E-state index contributed by atoms with van der Waals surface area (Å²) in [5.41, 5.74) is 3.03. The maximum absolute atomic E-state index is 12.6. The molecule has 8 heteroatoms. The molecule has 0 aliphatic carbocycles. The average Bonchev–Trinajstić information content (AvgIpc) is 3.36. The van der Waals surface area contributed by atoms with Crippen LogP contribution in [-0.2, 0) is 11.3 Å². The van der Waals surface area contributed by atoms with Crippen molar-refractivity contribution in [1.29, 1.82) is 0 Å². The summed E-state index contributed by atoms with van der Waals surface area (Å²) in [5.74, 6) is 1.88. The lowest BCUT2D eigenvalue weighted by Crippen LogP contribution is -2.19. The molecule has 2 aromatic carbocycles. The fourth-order valence-electron chi connectivity index (χ4n) is 3.07. The van der Waals surface area contributed by atoms with E-state index in [0.29, 0.717) is 34.7 Å². The first-order valence-electron chi connectivity index (χ1n) is 9.41. The summed E-state index contributed by atoms with van der Waals surface area (Å²) in [6, 6.07) is 15.1. The van der Waals surface area contributed by atoms with Crippen LogP contribution < -0.4 is 10.1 Å². The van der Waals surface area contributed by atoms with Gasteiger partial charge in [0.15, 0.2) is 0 Å². The smallest absolute Gasteiger partial charge is 0.258 e. The van der Waals surface area contributed by atoms with Gasteiger partial charge in [-0.3, -0.25) is 4.79 Å². The Hall–Kier alpha value is -3.94. The maximum atomic E-state index is 12.6. The number of methoxy groups -OCH3 is 1. The summed E-state index contributed by atoms with van der Waals surface area (Å²) in [6.07, 6.45) is 1.74. The molecule has 0 fully saturated rings. The highest BCUT2D eigenvalue weighted by Crippen LogP contribution is 2.25. The van der Waals surface area contributed by atoms with E-state index in [1.54, 1.807) is 17.9 Å². The largest absolute Gasteiger partial charge is 0.495 e. The van der Waals surface area contributed by atoms with Gasteiger partial charge in [-0.2, -0.15) is 4.98 Å². The molecule has 30 heavy (non-hydrogen) atoms. The number of carbonyl (C=O) groups excluding carboxylic acids is 1. The van der Waals surface area contributed by atoms with Gasteiger partial charge >= 0.3 is 0 Å². The first kappa shape index (κ1) is 19.4. The zero-order valence-electron chi connectivity index (χ0n) is 16.9. The number of nitrogens with zero attached hydrogens (tertiary/aromatic N) is 4. The van der Waals surface area contributed by atoms with E-state index in [-0.39, 0.29) is 12.5 Å². The second-order valence-electron chi connectivity index (χ2n) is 6.84. The molecule has 0 saturated heterocycles. The molecular weight excluding hydrogens is 382 g/mol. The number of rotatable bonds is 6. The van der Waals surface area contributed by atoms with Crippen molar-refractivity contribution in [3.05, 3.63) is 66.1 Å². The SMILES string of the molecule is COc1ccc(C)cc1NC(=O)Cn1cc(-c2noc(-c3ccccc3)n2)nc1C. The number of aromatic nitrogens is 4. The molecule has 152 valence electrons. The van der Waals surface area contributed by atoms with Crippen molar-refractivity contribution < 1.29 is 14.1 Å². The Morgan fingerprint density at radius 3 is 2.70 bits per heavy atom. The van der Waals surface area contributed by atoms with Crippen LogP contribution in [0.4, 0.5) is 5.69 Å². The van der Waals surface area contributed by atoms with E-state index in [1.165, 1.54) is 0 Å². The number of benzene rings is 2. The highest BCUT2D eigenvalue weighted by Gasteiger charge is 2.16. The van der Waals surface area contributed by atoms with Crippen LogP contribution in [0.15, 0.2) is 59.3 Å². The standard InChI is InChI=1S/C22H21N5O3/c1-14-9-10-19(29-3)17(11-14)24-20(28)13-27-12-18(23-15(27)2)21-25-22(30-26-21)16-7-5-4-6-8-16/h4-12H,13H2,1-3H3,(H,24,28). The van der Waals surface area contributed by atoms with Gasteiger partial charge < -0.3 is 19.1 Å². The number of hydrogen-bond acceptors (Lipinski definition) is 6. The molecule has 0 spiro atoms. The molecule has 4 aromatic rings. The van der Waals surface area contributed by atoms with Crippen molar-refractivity contribution in [3.63, 3.8) is 0 Å². The van der Waals surface area contributed by atoms with Gasteiger partial charge in [-0.15, -0.1) is 0 Å². The first-order valence-corrected chi connectivity index (χ1v) is 9.41. The molecule has 2 aromatic heterocycles. The highest BCUT2D eigenvalue weighted by atomic mass is 16.5. The number of ether oxygens (including phenoxy) is 1. The molecule has 0 radical (unpaired) electrons. The molecule has 0 aliphatic heterocycles. The minimum atomic E-state index is -0.191. The summed E-state index contributed by atoms with van der Waals surface area (Å²) in [4.78, 5) is 21.5. The third-order valence-corrected chi connectivity index (χ3v) is 4.59. The van der Waals surface area contributed by atoms with Crippen LogP contribution in [0.5, 0.6) is 5.75 Å². The van der Waals surface area contributed by atoms with E-state index in [9.17, 15) is 4.79 Å². The van der Waals surface area contributed by atoms with Crippen molar-refractivity contribution >= 4 is 11.6 Å². The van der Waals surface area contributed by atoms with Crippen molar-refractivity contribution in [2.24, 2.45) is 0 Å². The number of amides is 1. The Bertz CT molecular complexity index is 1180. The molecule has 1 amide bonds. The Morgan fingerprint density at radius 1 is 1.13 bits per heavy atom. The van der Waals surface area contributed by atoms with Crippen molar-refractivity contribution in [2.75, 3.05) is 12.4 Å². The molecular formula is C22H21N5O3. The van der Waals surface area contributed by atoms with E-state index in [4.69, 9.17) is 9.26 Å². The topological polar surface area (TPSA) is 95.1 Å². The van der Waals surface area contributed by atoms with Crippen LogP contribution in [0.25, 0.3) is 23.0 Å². The van der Waals surface area contributed by atoms with Crippen molar-refractivity contribution in [2.45, 2.75) is 20.4 Å². The van der Waals surface area contributed by atoms with Gasteiger partial charge in [-0.25, -0.2) is 4.98 Å². The monoisotopic (exact) mass is 403 g/mol. The first-order chi connectivity index (χ1) is 14.5. The van der Waals surface area contributed by atoms with Gasteiger partial charge in [0.25, 0.3) is 5.89 Å². The second kappa shape index (κ2) is 8.20. The van der Waals surface area contributed by atoms with Crippen LogP contribution in [0.2, 0.25) is 0 Å². The molecule has 0 saturated carbocycles. The normalized spacial score (nSPS) is 10.8. The fraction of sp³-hybridized carbons (Fsp3) is 0.182. The molecule has 8 nitrogen and oxygen atoms in total. The number of anilines is 1. The lowest BCUT2D eigenvalue weighted by atomic mass is 10.2. The predicted octanol–water partition coefficient (Wildman–Crippen LogP) is 3.86. The maximum Gasteiger partial charge on any atom is 0.258 e. The van der Waals surface area contributed by atoms with E-state index < -0.39 is 0 Å². The lowest BCUT2D eigenvalue weighted by Gasteiger charge is -2.11. The average molecular weight is 403 g/mol. The number of hydrogen-bond donors (Lipinski definition) is 1. The molecule has 0 atom stereocenters. The summed E-state index contributed by atoms with van der Waals surface area (Å²) in [6.45, 7) is 3.87. The van der Waals surface area contributed by atoms with Gasteiger partial charge in [-0.1, -0.05) is 29.4 Å². The van der Waals surface area contributed by atoms with Gasteiger partial charge in [0.05, 0.1) is 12.8 Å². The van der Waals surface area contributed by atoms with Crippen molar-refractivity contribution in [3.8, 4) is 28.7 Å². The van der Waals surface area contributed by atoms with Crippen LogP contribution >= 0.6 is 0 Å². The Labute approximate surface area is 173 Å². The summed E-state index contributed by atoms with van der Waals surface area (Å²) >= 11 is 0. The lowest BCUT2D eigenvalue weighted by molar-refractivity contribution is -0.116. The third-order valence-electron chi connectivity index (χ3n) is 4.59. The van der Waals surface area contributed by atoms with Crippen LogP contribution in [0.3, 0.4) is 0 Å². The van der Waals surface area contributed by atoms with Crippen molar-refractivity contribution in [1.82, 2.24) is 19.7 Å². The zero-order chi connectivity index (χ0) is 21.1. The third kappa shape index (κ3) is 4.07. The number of aryl methyl sites for hydroxylation is 2. The van der Waals surface area contributed by atoms with Crippen LogP contribution in [0.1, 0.15) is 11.4 Å². The van der Waals surface area contributed by atoms with Gasteiger partial charge in [-0.05, 0) is 43.7 Å². The Morgan fingerprint density at radius 2 is 1.93 bits per heavy atom. The fourth-order valence-corrected chi connectivity index (χ4v) is 3.07. The van der Waals surface area contributed by atoms with Crippen LogP contribution in [-0.4, -0.2) is 32.7 Å². The summed E-state index contributed by atoms with van der Waals surface area (Å²) in [7, 11) is 1.57. The number of nitrogens with one attached hydrogen (secondary N) is 1. The van der Waals surface area contributed by atoms with E-state index in [0.717, 1.165) is 11.1 Å². The van der Waals surface area contributed by atoms with Gasteiger partial charge in [0.1, 0.15) is 23.8 Å². The van der Waals surface area contributed by atoms with Crippen LogP contribution in [0, 0.1) is 13.8 Å². The molecule has 0 bridgehead atoms. The minimum absolute atomic E-state index is 0.0966. The summed E-state index contributed by atoms with van der Waals surface area (Å²) in [5, 5.41) is 6.91. The quantitative estimate of drug-likeness (QED) is 0.525. The number of carbonyl (C=O) groups is 1. The molecule has 2 heterocycles. The number of imidazole rings is 1. The second-order valence-corrected chi connectivity index (χ2v) is 6.84. The van der Waals surface area contributed by atoms with Gasteiger partial charge in [0.2, 0.25) is 11.7 Å². The highest BCUT2D eigenvalue weighted by molar-refractivity contribution is 5.92. The Balaban J connectivity index is 1.50. The van der Waals surface area contributed by atoms with E-state index in [1.807, 2.05) is 62.4 Å². The minimum Gasteiger partial charge on any atom is -0.495 e. The van der Waals surface area contributed by atoms with E-state index in [2.05, 4.69) is 20.4 Å². The summed E-state index contributed by atoms with van der Waals surface area (Å²) < 4.78 is 12.4. The molecule has 0 aliphatic rings. The molecule has 0 unspecified atom stereocenters. The van der Waals surface area contributed by atoms with Gasteiger partial charge in [0, 0.05) is 11.8 Å². The Kier molecular flexibility index (Phi) is 5.30. The van der Waals surface area contributed by atoms with E-state index >= 15 is 0 Å². The zero-order valence-corrected chi connectivity index (χ0v) is 16.9. The predicted molar refractivity (Wildman–Crippen MR) is 112 cm³/mol.